The average molecular weight is 467 g/mol. The van der Waals surface area contributed by atoms with Crippen LogP contribution in [0.25, 0.3) is 0 Å². The van der Waals surface area contributed by atoms with Gasteiger partial charge >= 0.3 is 5.97 Å². The minimum absolute atomic E-state index is 0.00205. The van der Waals surface area contributed by atoms with Gasteiger partial charge in [-0.3, -0.25) is 14.4 Å². The number of fused-ring (bicyclic) bond motifs is 6. The van der Waals surface area contributed by atoms with Gasteiger partial charge in [0.2, 0.25) is 0 Å². The first-order valence-electron chi connectivity index (χ1n) is 13.3. The Morgan fingerprint density at radius 2 is 1.59 bits per heavy atom. The lowest BCUT2D eigenvalue weighted by Gasteiger charge is -2.68. The van der Waals surface area contributed by atoms with Gasteiger partial charge < -0.3 is 5.11 Å². The van der Waals surface area contributed by atoms with Gasteiger partial charge in [-0.1, -0.05) is 60.6 Å². The van der Waals surface area contributed by atoms with E-state index in [2.05, 4.69) is 46.8 Å². The molecule has 4 heteroatoms. The second kappa shape index (κ2) is 6.73. The summed E-state index contributed by atoms with van der Waals surface area (Å²) >= 11 is 0. The van der Waals surface area contributed by atoms with Crippen molar-refractivity contribution in [1.82, 2.24) is 0 Å². The molecule has 186 valence electrons. The Hall–Kier alpha value is -1.71. The molecule has 5 aliphatic carbocycles. The molecule has 0 amide bonds. The lowest BCUT2D eigenvalue weighted by atomic mass is 9.35. The molecule has 5 rings (SSSR count). The SMILES string of the molecule is CC1(C)CC2=C3C=C[C@@H]4[C@@]5(C)CCC(=O)C(C)(C)[C@H]5CC[C@@]4(C)[C@]3(C)CC[C@@]2(C(=O)O)CC1=O. The Morgan fingerprint density at radius 3 is 2.24 bits per heavy atom. The van der Waals surface area contributed by atoms with Crippen LogP contribution in [0, 0.1) is 44.3 Å². The van der Waals surface area contributed by atoms with E-state index in [1.54, 1.807) is 0 Å². The van der Waals surface area contributed by atoms with Crippen molar-refractivity contribution in [1.29, 1.82) is 0 Å². The molecule has 0 bridgehead atoms. The molecule has 0 aliphatic heterocycles. The molecule has 0 unspecified atom stereocenters. The van der Waals surface area contributed by atoms with Crippen LogP contribution in [0.5, 0.6) is 0 Å². The summed E-state index contributed by atoms with van der Waals surface area (Å²) in [5.74, 6) is 0.384. The van der Waals surface area contributed by atoms with Gasteiger partial charge in [-0.15, -0.1) is 0 Å². The van der Waals surface area contributed by atoms with E-state index < -0.39 is 16.8 Å². The fourth-order valence-corrected chi connectivity index (χ4v) is 9.57. The summed E-state index contributed by atoms with van der Waals surface area (Å²) in [6.45, 7) is 15.5. The molecule has 0 heterocycles. The van der Waals surface area contributed by atoms with E-state index in [1.807, 2.05) is 13.8 Å². The highest BCUT2D eigenvalue weighted by Crippen LogP contribution is 2.73. The smallest absolute Gasteiger partial charge is 0.314 e. The Morgan fingerprint density at radius 1 is 0.912 bits per heavy atom. The molecular weight excluding hydrogens is 424 g/mol. The lowest BCUT2D eigenvalue weighted by molar-refractivity contribution is -0.169. The van der Waals surface area contributed by atoms with Crippen molar-refractivity contribution in [3.8, 4) is 0 Å². The molecule has 3 fully saturated rings. The van der Waals surface area contributed by atoms with Crippen LogP contribution in [0.2, 0.25) is 0 Å². The molecule has 0 aromatic heterocycles. The molecule has 34 heavy (non-hydrogen) atoms. The van der Waals surface area contributed by atoms with Gasteiger partial charge in [-0.25, -0.2) is 0 Å². The summed E-state index contributed by atoms with van der Waals surface area (Å²) in [4.78, 5) is 38.6. The molecule has 1 N–H and O–H groups in total. The van der Waals surface area contributed by atoms with Crippen molar-refractivity contribution in [3.63, 3.8) is 0 Å². The zero-order valence-electron chi connectivity index (χ0n) is 22.1. The molecule has 0 aromatic rings. The number of aliphatic carboxylic acids is 1. The first-order valence-corrected chi connectivity index (χ1v) is 13.3. The van der Waals surface area contributed by atoms with Gasteiger partial charge in [0.25, 0.3) is 0 Å². The summed E-state index contributed by atoms with van der Waals surface area (Å²) in [6.07, 6.45) is 10.3. The van der Waals surface area contributed by atoms with Crippen LogP contribution in [0.4, 0.5) is 0 Å². The molecule has 0 saturated heterocycles. The second-order valence-electron chi connectivity index (χ2n) is 14.3. The number of carboxylic acids is 1. The van der Waals surface area contributed by atoms with Crippen LogP contribution in [0.1, 0.15) is 99.8 Å². The van der Waals surface area contributed by atoms with Crippen molar-refractivity contribution >= 4 is 17.5 Å². The number of allylic oxidation sites excluding steroid dienone is 3. The minimum atomic E-state index is -1.05. The van der Waals surface area contributed by atoms with E-state index in [-0.39, 0.29) is 33.9 Å². The van der Waals surface area contributed by atoms with Crippen molar-refractivity contribution in [3.05, 3.63) is 23.3 Å². The topological polar surface area (TPSA) is 71.4 Å². The third kappa shape index (κ3) is 2.64. The highest BCUT2D eigenvalue weighted by Gasteiger charge is 2.67. The van der Waals surface area contributed by atoms with Gasteiger partial charge in [0.15, 0.2) is 0 Å². The third-order valence-electron chi connectivity index (χ3n) is 12.1. The van der Waals surface area contributed by atoms with Gasteiger partial charge in [0.05, 0.1) is 5.41 Å². The van der Waals surface area contributed by atoms with Crippen molar-refractivity contribution in [2.75, 3.05) is 0 Å². The Bertz CT molecular complexity index is 1060. The maximum Gasteiger partial charge on any atom is 0.314 e. The van der Waals surface area contributed by atoms with Gasteiger partial charge in [0.1, 0.15) is 11.6 Å². The lowest BCUT2D eigenvalue weighted by Crippen LogP contribution is -2.63. The van der Waals surface area contributed by atoms with Crippen molar-refractivity contribution in [2.45, 2.75) is 99.8 Å². The molecule has 5 aliphatic rings. The summed E-state index contributed by atoms with van der Waals surface area (Å²) in [5.41, 5.74) is 0.287. The molecule has 0 radical (unpaired) electrons. The molecular formula is C30H42O4. The highest BCUT2D eigenvalue weighted by atomic mass is 16.4. The number of hydrogen-bond acceptors (Lipinski definition) is 3. The first kappa shape index (κ1) is 24.0. The summed E-state index contributed by atoms with van der Waals surface area (Å²) in [6, 6.07) is 0. The number of ketones is 2. The van der Waals surface area contributed by atoms with E-state index in [9.17, 15) is 19.5 Å². The molecule has 4 nitrogen and oxygen atoms in total. The molecule has 0 spiro atoms. The van der Waals surface area contributed by atoms with Gasteiger partial charge in [-0.05, 0) is 77.8 Å². The van der Waals surface area contributed by atoms with Crippen LogP contribution in [-0.4, -0.2) is 22.6 Å². The molecule has 3 saturated carbocycles. The largest absolute Gasteiger partial charge is 0.481 e. The van der Waals surface area contributed by atoms with Crippen LogP contribution in [0.15, 0.2) is 23.3 Å². The Labute approximate surface area is 204 Å². The maximum atomic E-state index is 13.0. The van der Waals surface area contributed by atoms with E-state index in [0.717, 1.165) is 31.3 Å². The van der Waals surface area contributed by atoms with E-state index in [1.165, 1.54) is 5.57 Å². The predicted molar refractivity (Wildman–Crippen MR) is 132 cm³/mol. The van der Waals surface area contributed by atoms with Crippen LogP contribution in [0.3, 0.4) is 0 Å². The minimum Gasteiger partial charge on any atom is -0.481 e. The number of rotatable bonds is 1. The zero-order chi connectivity index (χ0) is 25.1. The number of Topliss-reactive ketones (excluding diaryl/α,β-unsaturated/α-hetero) is 2. The number of carbonyl (C=O) groups is 3. The third-order valence-corrected chi connectivity index (χ3v) is 12.1. The summed E-state index contributed by atoms with van der Waals surface area (Å²) in [7, 11) is 0. The Balaban J connectivity index is 1.70. The summed E-state index contributed by atoms with van der Waals surface area (Å²) in [5, 5.41) is 10.4. The van der Waals surface area contributed by atoms with Crippen molar-refractivity contribution in [2.24, 2.45) is 44.3 Å². The van der Waals surface area contributed by atoms with Crippen LogP contribution < -0.4 is 0 Å². The monoisotopic (exact) mass is 466 g/mol. The van der Waals surface area contributed by atoms with Crippen LogP contribution >= 0.6 is 0 Å². The number of hydrogen-bond donors (Lipinski definition) is 1. The average Bonchev–Trinajstić information content (AvgIpc) is 2.72. The maximum absolute atomic E-state index is 13.0. The summed E-state index contributed by atoms with van der Waals surface area (Å²) < 4.78 is 0. The van der Waals surface area contributed by atoms with E-state index in [0.29, 0.717) is 36.9 Å². The van der Waals surface area contributed by atoms with Gasteiger partial charge in [-0.2, -0.15) is 0 Å². The zero-order valence-corrected chi connectivity index (χ0v) is 22.1. The van der Waals surface area contributed by atoms with Gasteiger partial charge in [0, 0.05) is 23.7 Å². The second-order valence-corrected chi connectivity index (χ2v) is 14.3. The Kier molecular flexibility index (Phi) is 4.75. The molecule has 0 aromatic carbocycles. The predicted octanol–water partition coefficient (Wildman–Crippen LogP) is 6.54. The normalized spacial score (nSPS) is 46.8. The highest BCUT2D eigenvalue weighted by molar-refractivity contribution is 5.94. The standard InChI is InChI=1S/C30H42O4/c1-25(2)16-19-18-8-9-21-27(5)12-11-22(31)26(3,4)20(27)10-13-29(21,7)28(18,6)14-15-30(19,24(33)34)17-23(25)32/h8-9,20-21H,10-17H2,1-7H3,(H,33,34)/t20-,21-,27+,28-,29-,30-/m1/s1. The van der Waals surface area contributed by atoms with E-state index >= 15 is 0 Å². The number of carbonyl (C=O) groups excluding carboxylic acids is 2. The number of carboxylic acid groups (broad SMARTS) is 1. The quantitative estimate of drug-likeness (QED) is 0.476. The van der Waals surface area contributed by atoms with E-state index in [4.69, 9.17) is 0 Å². The fraction of sp³-hybridized carbons (Fsp3) is 0.767. The molecule has 6 atom stereocenters. The van der Waals surface area contributed by atoms with Crippen LogP contribution in [-0.2, 0) is 14.4 Å². The van der Waals surface area contributed by atoms with Crippen molar-refractivity contribution < 1.29 is 19.5 Å². The fourth-order valence-electron chi connectivity index (χ4n) is 9.57. The first-order chi connectivity index (χ1) is 15.6.